The SMILES string of the molecule is c1ccc(-c2ccc(-n3c4ccccc4c4cc5c6ccccc6c6ccccc6c5cc43)cc2)cc1. The second kappa shape index (κ2) is 7.81. The van der Waals surface area contributed by atoms with Gasteiger partial charge >= 0.3 is 0 Å². The van der Waals surface area contributed by atoms with E-state index in [9.17, 15) is 0 Å². The van der Waals surface area contributed by atoms with E-state index in [2.05, 4.69) is 144 Å². The first-order chi connectivity index (χ1) is 18.4. The molecule has 0 unspecified atom stereocenters. The fourth-order valence-corrected chi connectivity index (χ4v) is 6.08. The molecule has 1 aromatic heterocycles. The fraction of sp³-hybridized carbons (Fsp3) is 0. The highest BCUT2D eigenvalue weighted by Gasteiger charge is 2.16. The zero-order chi connectivity index (χ0) is 24.3. The minimum Gasteiger partial charge on any atom is -0.309 e. The van der Waals surface area contributed by atoms with Gasteiger partial charge in [-0.1, -0.05) is 109 Å². The molecule has 0 atom stereocenters. The molecule has 1 nitrogen and oxygen atoms in total. The number of hydrogen-bond donors (Lipinski definition) is 0. The van der Waals surface area contributed by atoms with Crippen LogP contribution in [0.5, 0.6) is 0 Å². The Balaban J connectivity index is 1.48. The van der Waals surface area contributed by atoms with Crippen molar-refractivity contribution in [3.63, 3.8) is 0 Å². The average Bonchev–Trinajstić information content (AvgIpc) is 3.30. The molecule has 7 aromatic carbocycles. The number of benzene rings is 7. The summed E-state index contributed by atoms with van der Waals surface area (Å²) in [4.78, 5) is 0. The number of hydrogen-bond acceptors (Lipinski definition) is 0. The molecular formula is C36H23N. The first-order valence-electron chi connectivity index (χ1n) is 12.8. The van der Waals surface area contributed by atoms with E-state index >= 15 is 0 Å². The van der Waals surface area contributed by atoms with Crippen LogP contribution in [0.2, 0.25) is 0 Å². The number of aromatic nitrogens is 1. The molecule has 8 rings (SSSR count). The summed E-state index contributed by atoms with van der Waals surface area (Å²) < 4.78 is 2.42. The molecule has 0 amide bonds. The van der Waals surface area contributed by atoms with E-state index in [1.165, 1.54) is 70.9 Å². The Bertz CT molecular complexity index is 2110. The summed E-state index contributed by atoms with van der Waals surface area (Å²) in [7, 11) is 0. The Morgan fingerprint density at radius 2 is 0.784 bits per heavy atom. The Kier molecular flexibility index (Phi) is 4.29. The largest absolute Gasteiger partial charge is 0.309 e. The van der Waals surface area contributed by atoms with Crippen molar-refractivity contribution in [1.29, 1.82) is 0 Å². The minimum atomic E-state index is 1.18. The van der Waals surface area contributed by atoms with Crippen molar-refractivity contribution in [3.05, 3.63) is 140 Å². The van der Waals surface area contributed by atoms with Crippen LogP contribution in [0.4, 0.5) is 0 Å². The number of fused-ring (bicyclic) bond motifs is 9. The predicted octanol–water partition coefficient (Wildman–Crippen LogP) is 9.91. The van der Waals surface area contributed by atoms with Crippen LogP contribution < -0.4 is 0 Å². The Morgan fingerprint density at radius 1 is 0.297 bits per heavy atom. The molecule has 0 radical (unpaired) electrons. The van der Waals surface area contributed by atoms with Crippen molar-refractivity contribution in [2.75, 3.05) is 0 Å². The number of para-hydroxylation sites is 1. The molecule has 0 aliphatic rings. The highest BCUT2D eigenvalue weighted by atomic mass is 15.0. The van der Waals surface area contributed by atoms with Gasteiger partial charge in [-0.15, -0.1) is 0 Å². The van der Waals surface area contributed by atoms with Crippen LogP contribution in [0.15, 0.2) is 140 Å². The van der Waals surface area contributed by atoms with E-state index < -0.39 is 0 Å². The summed E-state index contributed by atoms with van der Waals surface area (Å²) in [5.74, 6) is 0. The van der Waals surface area contributed by atoms with Crippen LogP contribution >= 0.6 is 0 Å². The highest BCUT2D eigenvalue weighted by molar-refractivity contribution is 6.28. The molecule has 0 spiro atoms. The standard InChI is InChI=1S/C36H23N/c1-2-10-24(11-3-1)25-18-20-26(21-19-25)37-35-17-9-8-16-31(35)34-22-32-29-14-6-4-12-27(29)28-13-5-7-15-30(28)33(32)23-36(34)37/h1-23H. The molecule has 8 aromatic rings. The molecule has 1 heteroatoms. The maximum Gasteiger partial charge on any atom is 0.0547 e. The third-order valence-corrected chi connectivity index (χ3v) is 7.77. The highest BCUT2D eigenvalue weighted by Crippen LogP contribution is 2.40. The Labute approximate surface area is 214 Å². The van der Waals surface area contributed by atoms with Gasteiger partial charge in [-0.05, 0) is 73.8 Å². The lowest BCUT2D eigenvalue weighted by atomic mass is 9.93. The second-order valence-corrected chi connectivity index (χ2v) is 9.77. The Morgan fingerprint density at radius 3 is 1.43 bits per heavy atom. The molecule has 0 saturated carbocycles. The van der Waals surface area contributed by atoms with Crippen LogP contribution in [-0.2, 0) is 0 Å². The summed E-state index contributed by atoms with van der Waals surface area (Å²) in [5, 5.41) is 10.4. The fourth-order valence-electron chi connectivity index (χ4n) is 6.08. The molecular weight excluding hydrogens is 446 g/mol. The monoisotopic (exact) mass is 469 g/mol. The van der Waals surface area contributed by atoms with Gasteiger partial charge in [-0.2, -0.15) is 0 Å². The average molecular weight is 470 g/mol. The van der Waals surface area contributed by atoms with E-state index in [0.717, 1.165) is 0 Å². The van der Waals surface area contributed by atoms with Gasteiger partial charge in [-0.3, -0.25) is 0 Å². The third-order valence-electron chi connectivity index (χ3n) is 7.77. The van der Waals surface area contributed by atoms with E-state index in [1.807, 2.05) is 0 Å². The van der Waals surface area contributed by atoms with Gasteiger partial charge in [0.15, 0.2) is 0 Å². The van der Waals surface area contributed by atoms with Crippen LogP contribution in [0.3, 0.4) is 0 Å². The van der Waals surface area contributed by atoms with E-state index in [1.54, 1.807) is 0 Å². The van der Waals surface area contributed by atoms with Gasteiger partial charge in [0.1, 0.15) is 0 Å². The van der Waals surface area contributed by atoms with Gasteiger partial charge in [0, 0.05) is 16.5 Å². The van der Waals surface area contributed by atoms with Gasteiger partial charge in [0.05, 0.1) is 11.0 Å². The molecule has 0 aliphatic carbocycles. The normalized spacial score (nSPS) is 11.8. The zero-order valence-electron chi connectivity index (χ0n) is 20.2. The molecule has 172 valence electrons. The lowest BCUT2D eigenvalue weighted by molar-refractivity contribution is 1.18. The molecule has 0 saturated heterocycles. The lowest BCUT2D eigenvalue weighted by Gasteiger charge is -2.13. The zero-order valence-corrected chi connectivity index (χ0v) is 20.2. The molecule has 0 bridgehead atoms. The summed E-state index contributed by atoms with van der Waals surface area (Å²) in [6.07, 6.45) is 0. The van der Waals surface area contributed by atoms with E-state index in [-0.39, 0.29) is 0 Å². The Hall–Kier alpha value is -4.88. The number of nitrogens with zero attached hydrogens (tertiary/aromatic N) is 1. The van der Waals surface area contributed by atoms with Crippen molar-refractivity contribution in [1.82, 2.24) is 4.57 Å². The number of rotatable bonds is 2. The van der Waals surface area contributed by atoms with Crippen LogP contribution in [0.25, 0.3) is 70.9 Å². The smallest absolute Gasteiger partial charge is 0.0547 e. The quantitative estimate of drug-likeness (QED) is 0.222. The van der Waals surface area contributed by atoms with Crippen LogP contribution in [-0.4, -0.2) is 4.57 Å². The first kappa shape index (κ1) is 20.3. The lowest BCUT2D eigenvalue weighted by Crippen LogP contribution is -1.94. The van der Waals surface area contributed by atoms with E-state index in [4.69, 9.17) is 0 Å². The van der Waals surface area contributed by atoms with Crippen molar-refractivity contribution < 1.29 is 0 Å². The topological polar surface area (TPSA) is 4.93 Å². The predicted molar refractivity (Wildman–Crippen MR) is 159 cm³/mol. The molecule has 0 N–H and O–H groups in total. The van der Waals surface area contributed by atoms with Gasteiger partial charge in [0.25, 0.3) is 0 Å². The van der Waals surface area contributed by atoms with Gasteiger partial charge < -0.3 is 4.57 Å². The molecule has 1 heterocycles. The van der Waals surface area contributed by atoms with E-state index in [0.29, 0.717) is 0 Å². The summed E-state index contributed by atoms with van der Waals surface area (Å²) in [6, 6.07) is 50.7. The first-order valence-corrected chi connectivity index (χ1v) is 12.8. The minimum absolute atomic E-state index is 1.18. The summed E-state index contributed by atoms with van der Waals surface area (Å²) >= 11 is 0. The van der Waals surface area contributed by atoms with Crippen molar-refractivity contribution in [3.8, 4) is 16.8 Å². The van der Waals surface area contributed by atoms with Crippen molar-refractivity contribution in [2.24, 2.45) is 0 Å². The van der Waals surface area contributed by atoms with Crippen molar-refractivity contribution in [2.45, 2.75) is 0 Å². The maximum absolute atomic E-state index is 2.42. The summed E-state index contributed by atoms with van der Waals surface area (Å²) in [6.45, 7) is 0. The molecule has 37 heavy (non-hydrogen) atoms. The summed E-state index contributed by atoms with van der Waals surface area (Å²) in [5.41, 5.74) is 6.11. The maximum atomic E-state index is 2.42. The molecule has 0 fully saturated rings. The third kappa shape index (κ3) is 2.98. The molecule has 0 aliphatic heterocycles. The van der Waals surface area contributed by atoms with Gasteiger partial charge in [-0.25, -0.2) is 0 Å². The second-order valence-electron chi connectivity index (χ2n) is 9.77. The van der Waals surface area contributed by atoms with Crippen molar-refractivity contribution >= 4 is 54.1 Å². The van der Waals surface area contributed by atoms with Crippen LogP contribution in [0.1, 0.15) is 0 Å². The van der Waals surface area contributed by atoms with Crippen LogP contribution in [0, 0.1) is 0 Å². The van der Waals surface area contributed by atoms with Gasteiger partial charge in [0.2, 0.25) is 0 Å².